The van der Waals surface area contributed by atoms with E-state index < -0.39 is 0 Å². The molecule has 0 atom stereocenters. The van der Waals surface area contributed by atoms with E-state index in [0.29, 0.717) is 11.8 Å². The molecule has 16 rings (SSSR count). The number of hydrogen-bond acceptors (Lipinski definition) is 4. The number of anilines is 6. The lowest BCUT2D eigenvalue weighted by Gasteiger charge is -2.27. The van der Waals surface area contributed by atoms with E-state index in [1.807, 2.05) is 0 Å². The number of rotatable bonds is 10. The number of furan rings is 2. The largest absolute Gasteiger partial charge is 0.456 e. The van der Waals surface area contributed by atoms with Gasteiger partial charge in [0, 0.05) is 77.2 Å². The first-order chi connectivity index (χ1) is 40.3. The Morgan fingerprint density at radius 3 is 1.09 bits per heavy atom. The third kappa shape index (κ3) is 7.48. The maximum Gasteiger partial charge on any atom is 0.136 e. The third-order valence-electron chi connectivity index (χ3n) is 17.0. The average Bonchev–Trinajstić information content (AvgIpc) is 3.24. The zero-order valence-electron chi connectivity index (χ0n) is 46.0. The summed E-state index contributed by atoms with van der Waals surface area (Å²) in [5.41, 5.74) is 19.2. The van der Waals surface area contributed by atoms with Gasteiger partial charge in [-0.25, -0.2) is 0 Å². The fraction of sp³-hybridized carbons (Fsp3) is 0.0789. The molecule has 0 saturated heterocycles. The van der Waals surface area contributed by atoms with Gasteiger partial charge < -0.3 is 27.8 Å². The Morgan fingerprint density at radius 2 is 0.671 bits per heavy atom. The summed E-state index contributed by atoms with van der Waals surface area (Å²) in [6.45, 7) is 8.99. The molecule has 0 spiro atoms. The predicted molar refractivity (Wildman–Crippen MR) is 345 cm³/mol. The molecule has 12 aromatic carbocycles. The van der Waals surface area contributed by atoms with Gasteiger partial charge in [0.15, 0.2) is 0 Å². The quantitative estimate of drug-likeness (QED) is 0.137. The zero-order chi connectivity index (χ0) is 54.7. The van der Waals surface area contributed by atoms with Crippen LogP contribution in [-0.4, -0.2) is 9.13 Å². The molecule has 0 radical (unpaired) electrons. The van der Waals surface area contributed by atoms with E-state index in [9.17, 15) is 0 Å². The molecule has 0 aliphatic heterocycles. The topological polar surface area (TPSA) is 42.6 Å². The summed E-state index contributed by atoms with van der Waals surface area (Å²) in [6, 6.07) is 92.7. The van der Waals surface area contributed by atoms with Crippen molar-refractivity contribution >= 4 is 132 Å². The fourth-order valence-electron chi connectivity index (χ4n) is 13.0. The van der Waals surface area contributed by atoms with Crippen molar-refractivity contribution in [1.82, 2.24) is 9.13 Å². The maximum absolute atomic E-state index is 6.81. The second kappa shape index (κ2) is 18.7. The highest BCUT2D eigenvalue weighted by atomic mass is 16.3. The van der Waals surface area contributed by atoms with Crippen LogP contribution in [-0.2, 0) is 0 Å². The second-order valence-corrected chi connectivity index (χ2v) is 22.5. The molecule has 82 heavy (non-hydrogen) atoms. The third-order valence-corrected chi connectivity index (χ3v) is 17.0. The van der Waals surface area contributed by atoms with Crippen molar-refractivity contribution in [2.75, 3.05) is 9.80 Å². The van der Waals surface area contributed by atoms with Crippen LogP contribution in [0.4, 0.5) is 34.1 Å². The molecule has 0 N–H and O–H groups in total. The molecule has 0 unspecified atom stereocenters. The number of nitrogens with zero attached hydrogens (tertiary/aromatic N) is 4. The van der Waals surface area contributed by atoms with Crippen LogP contribution < -0.4 is 9.80 Å². The molecule has 16 aromatic rings. The van der Waals surface area contributed by atoms with Crippen LogP contribution in [0.1, 0.15) is 50.7 Å². The van der Waals surface area contributed by atoms with Crippen molar-refractivity contribution in [3.8, 4) is 11.4 Å². The molecule has 0 saturated carbocycles. The molecule has 0 fully saturated rings. The summed E-state index contributed by atoms with van der Waals surface area (Å²) in [4.78, 5) is 4.80. The van der Waals surface area contributed by atoms with Gasteiger partial charge in [0.25, 0.3) is 0 Å². The lowest BCUT2D eigenvalue weighted by molar-refractivity contribution is 0.668. The Morgan fingerprint density at radius 1 is 0.293 bits per heavy atom. The molecule has 4 aromatic heterocycles. The highest BCUT2D eigenvalue weighted by Gasteiger charge is 2.25. The highest BCUT2D eigenvalue weighted by Crippen LogP contribution is 2.48. The Hall–Kier alpha value is -10.3. The van der Waals surface area contributed by atoms with Crippen LogP contribution in [0.5, 0.6) is 0 Å². The van der Waals surface area contributed by atoms with Crippen LogP contribution in [0.2, 0.25) is 0 Å². The van der Waals surface area contributed by atoms with Crippen molar-refractivity contribution in [3.05, 3.63) is 266 Å². The van der Waals surface area contributed by atoms with Gasteiger partial charge in [-0.05, 0) is 167 Å². The van der Waals surface area contributed by atoms with Crippen LogP contribution >= 0.6 is 0 Å². The Bertz CT molecular complexity index is 4830. The number of para-hydroxylation sites is 6. The lowest BCUT2D eigenvalue weighted by atomic mass is 10.0. The molecular weight excluding hydrogens is 1000 g/mol. The predicted octanol–water partition coefficient (Wildman–Crippen LogP) is 22.0. The monoisotopic (exact) mass is 1060 g/mol. The van der Waals surface area contributed by atoms with E-state index in [-0.39, 0.29) is 0 Å². The van der Waals surface area contributed by atoms with E-state index in [2.05, 4.69) is 301 Å². The van der Waals surface area contributed by atoms with Crippen molar-refractivity contribution in [2.24, 2.45) is 0 Å². The van der Waals surface area contributed by atoms with Gasteiger partial charge in [-0.3, -0.25) is 0 Å². The Balaban J connectivity index is 0.838. The number of aromatic nitrogens is 2. The summed E-state index contributed by atoms with van der Waals surface area (Å²) in [5.74, 6) is 0.879. The molecule has 392 valence electrons. The summed E-state index contributed by atoms with van der Waals surface area (Å²) >= 11 is 0. The molecular formula is C76H56N4O2. The van der Waals surface area contributed by atoms with Gasteiger partial charge in [-0.15, -0.1) is 0 Å². The molecule has 0 aliphatic rings. The number of fused-ring (bicyclic) bond motifs is 13. The van der Waals surface area contributed by atoms with Crippen LogP contribution in [0.15, 0.2) is 264 Å². The highest BCUT2D eigenvalue weighted by molar-refractivity contribution is 6.19. The van der Waals surface area contributed by atoms with E-state index in [4.69, 9.17) is 8.83 Å². The van der Waals surface area contributed by atoms with E-state index in [0.717, 1.165) is 111 Å². The van der Waals surface area contributed by atoms with Gasteiger partial charge in [0.05, 0.1) is 33.4 Å². The van der Waals surface area contributed by atoms with Gasteiger partial charge in [0.2, 0.25) is 0 Å². The molecule has 6 nitrogen and oxygen atoms in total. The van der Waals surface area contributed by atoms with Gasteiger partial charge in [-0.2, -0.15) is 0 Å². The first kappa shape index (κ1) is 47.7. The van der Waals surface area contributed by atoms with Crippen molar-refractivity contribution < 1.29 is 8.83 Å². The normalized spacial score (nSPS) is 12.1. The van der Waals surface area contributed by atoms with Crippen molar-refractivity contribution in [1.29, 1.82) is 0 Å². The van der Waals surface area contributed by atoms with E-state index in [1.165, 1.54) is 43.7 Å². The molecule has 0 bridgehead atoms. The standard InChI is InChI=1S/C76H56N4O2/c1-47(2)49-29-33-55(34-30-49)79-67-25-13-11-21-59(67)61-23-15-27-69(75(61)79)77(53-17-7-5-8-18-53)57-37-39-71-65(45-57)63-41-51-44-74-64(42-52(51)43-73(63)81-71)66-46-58(38-40-72(66)82-74)78(54-19-9-6-10-20-54)70-28-16-24-62-60-22-12-14-26-68(60)80(76(62)70)56-35-31-50(32-36-56)48(3)4/h5-48H,1-4H3. The average molecular weight is 1060 g/mol. The van der Waals surface area contributed by atoms with Gasteiger partial charge in [0.1, 0.15) is 22.3 Å². The van der Waals surface area contributed by atoms with Crippen LogP contribution in [0.3, 0.4) is 0 Å². The van der Waals surface area contributed by atoms with Gasteiger partial charge in [-0.1, -0.05) is 149 Å². The SMILES string of the molecule is CC(C)c1ccc(-n2c3ccccc3c3cccc(N(c4ccccc4)c4ccc5oc6cc7cc8c(cc7cc6c5c4)oc4ccc(N(c5ccccc5)c5cccc6c7ccccc7n(-c7ccc(C(C)C)cc7)c56)cc48)c32)cc1. The molecule has 4 heterocycles. The summed E-state index contributed by atoms with van der Waals surface area (Å²) in [6.07, 6.45) is 0. The minimum Gasteiger partial charge on any atom is -0.456 e. The van der Waals surface area contributed by atoms with Crippen molar-refractivity contribution in [2.45, 2.75) is 39.5 Å². The molecule has 0 aliphatic carbocycles. The zero-order valence-corrected chi connectivity index (χ0v) is 46.0. The fourth-order valence-corrected chi connectivity index (χ4v) is 13.0. The van der Waals surface area contributed by atoms with Crippen molar-refractivity contribution in [3.63, 3.8) is 0 Å². The number of benzene rings is 12. The second-order valence-electron chi connectivity index (χ2n) is 22.5. The first-order valence-corrected chi connectivity index (χ1v) is 28.5. The smallest absolute Gasteiger partial charge is 0.136 e. The molecule has 0 amide bonds. The molecule has 6 heteroatoms. The summed E-state index contributed by atoms with van der Waals surface area (Å²) in [7, 11) is 0. The summed E-state index contributed by atoms with van der Waals surface area (Å²) in [5, 5.41) is 11.2. The maximum atomic E-state index is 6.81. The summed E-state index contributed by atoms with van der Waals surface area (Å²) < 4.78 is 18.5. The Labute approximate surface area is 474 Å². The van der Waals surface area contributed by atoms with Crippen LogP contribution in [0, 0.1) is 0 Å². The van der Waals surface area contributed by atoms with Gasteiger partial charge >= 0.3 is 0 Å². The first-order valence-electron chi connectivity index (χ1n) is 28.5. The minimum atomic E-state index is 0.439. The minimum absolute atomic E-state index is 0.439. The lowest BCUT2D eigenvalue weighted by Crippen LogP contribution is -2.11. The van der Waals surface area contributed by atoms with Crippen LogP contribution in [0.25, 0.3) is 110 Å². The Kier molecular flexibility index (Phi) is 10.8. The number of hydrogen-bond donors (Lipinski definition) is 0. The van der Waals surface area contributed by atoms with E-state index in [1.54, 1.807) is 0 Å². The van der Waals surface area contributed by atoms with E-state index >= 15 is 0 Å².